The van der Waals surface area contributed by atoms with Gasteiger partial charge in [-0.05, 0) is 12.3 Å². The van der Waals surface area contributed by atoms with Crippen molar-refractivity contribution in [3.63, 3.8) is 0 Å². The molecule has 0 saturated carbocycles. The fourth-order valence-corrected chi connectivity index (χ4v) is 2.09. The Bertz CT molecular complexity index is 102. The average molecular weight is 170 g/mol. The maximum Gasteiger partial charge on any atom is 0.0516 e. The van der Waals surface area contributed by atoms with Crippen molar-refractivity contribution in [3.05, 3.63) is 0 Å². The van der Waals surface area contributed by atoms with Gasteiger partial charge < -0.3 is 4.74 Å². The van der Waals surface area contributed by atoms with Crippen LogP contribution in [0.15, 0.2) is 0 Å². The lowest BCUT2D eigenvalue weighted by Gasteiger charge is -2.29. The summed E-state index contributed by atoms with van der Waals surface area (Å²) < 4.78 is 5.19. The SMILES string of the molecule is CCCC(CCC)CC1COC1. The van der Waals surface area contributed by atoms with Gasteiger partial charge in [0.15, 0.2) is 0 Å². The Morgan fingerprint density at radius 2 is 1.75 bits per heavy atom. The van der Waals surface area contributed by atoms with E-state index in [9.17, 15) is 0 Å². The van der Waals surface area contributed by atoms with Gasteiger partial charge in [-0.15, -0.1) is 0 Å². The molecular weight excluding hydrogens is 148 g/mol. The molecule has 1 nitrogen and oxygen atoms in total. The summed E-state index contributed by atoms with van der Waals surface area (Å²) in [5, 5.41) is 0. The zero-order valence-corrected chi connectivity index (χ0v) is 8.51. The van der Waals surface area contributed by atoms with E-state index in [2.05, 4.69) is 13.8 Å². The van der Waals surface area contributed by atoms with Crippen molar-refractivity contribution in [1.29, 1.82) is 0 Å². The molecule has 1 saturated heterocycles. The summed E-state index contributed by atoms with van der Waals surface area (Å²) in [4.78, 5) is 0. The Morgan fingerprint density at radius 3 is 2.08 bits per heavy atom. The monoisotopic (exact) mass is 170 g/mol. The lowest BCUT2D eigenvalue weighted by molar-refractivity contribution is -0.0435. The van der Waals surface area contributed by atoms with E-state index in [-0.39, 0.29) is 0 Å². The predicted molar refractivity (Wildman–Crippen MR) is 52.2 cm³/mol. The summed E-state index contributed by atoms with van der Waals surface area (Å²) in [6, 6.07) is 0. The highest BCUT2D eigenvalue weighted by molar-refractivity contribution is 4.70. The minimum absolute atomic E-state index is 0.896. The van der Waals surface area contributed by atoms with Crippen molar-refractivity contribution in [2.75, 3.05) is 13.2 Å². The number of ether oxygens (including phenoxy) is 1. The molecule has 0 aromatic carbocycles. The van der Waals surface area contributed by atoms with Gasteiger partial charge in [0.2, 0.25) is 0 Å². The molecule has 1 aliphatic rings. The van der Waals surface area contributed by atoms with E-state index >= 15 is 0 Å². The van der Waals surface area contributed by atoms with Gasteiger partial charge in [0.25, 0.3) is 0 Å². The molecule has 0 atom stereocenters. The summed E-state index contributed by atoms with van der Waals surface area (Å²) in [6.45, 7) is 6.65. The lowest BCUT2D eigenvalue weighted by atomic mass is 9.87. The summed E-state index contributed by atoms with van der Waals surface area (Å²) in [6.07, 6.45) is 6.95. The lowest BCUT2D eigenvalue weighted by Crippen LogP contribution is -2.29. The summed E-state index contributed by atoms with van der Waals surface area (Å²) in [5.74, 6) is 1.88. The van der Waals surface area contributed by atoms with Gasteiger partial charge >= 0.3 is 0 Å². The molecule has 0 N–H and O–H groups in total. The van der Waals surface area contributed by atoms with Gasteiger partial charge in [-0.1, -0.05) is 39.5 Å². The molecule has 0 aromatic rings. The topological polar surface area (TPSA) is 9.23 Å². The Labute approximate surface area is 76.5 Å². The third kappa shape index (κ3) is 3.14. The van der Waals surface area contributed by atoms with E-state index in [1.54, 1.807) is 0 Å². The third-order valence-electron chi connectivity index (χ3n) is 2.77. The molecule has 72 valence electrons. The van der Waals surface area contributed by atoms with E-state index in [4.69, 9.17) is 4.74 Å². The van der Waals surface area contributed by atoms with Gasteiger partial charge in [0, 0.05) is 5.92 Å². The Kier molecular flexibility index (Phi) is 4.67. The van der Waals surface area contributed by atoms with Crippen LogP contribution in [0.3, 0.4) is 0 Å². The second-order valence-corrected chi connectivity index (χ2v) is 4.08. The molecule has 1 aliphatic heterocycles. The summed E-state index contributed by atoms with van der Waals surface area (Å²) in [7, 11) is 0. The highest BCUT2D eigenvalue weighted by atomic mass is 16.5. The molecule has 0 aromatic heterocycles. The fourth-order valence-electron chi connectivity index (χ4n) is 2.09. The molecule has 0 unspecified atom stereocenters. The molecule has 1 heterocycles. The summed E-state index contributed by atoms with van der Waals surface area (Å²) in [5.41, 5.74) is 0. The quantitative estimate of drug-likeness (QED) is 0.594. The van der Waals surface area contributed by atoms with Crippen molar-refractivity contribution in [1.82, 2.24) is 0 Å². The van der Waals surface area contributed by atoms with Crippen molar-refractivity contribution in [2.45, 2.75) is 46.0 Å². The predicted octanol–water partition coefficient (Wildman–Crippen LogP) is 3.24. The maximum atomic E-state index is 5.19. The second kappa shape index (κ2) is 5.58. The second-order valence-electron chi connectivity index (χ2n) is 4.08. The molecule has 1 fully saturated rings. The van der Waals surface area contributed by atoms with Crippen LogP contribution < -0.4 is 0 Å². The number of rotatable bonds is 6. The zero-order chi connectivity index (χ0) is 8.81. The highest BCUT2D eigenvalue weighted by Gasteiger charge is 2.21. The first-order chi connectivity index (χ1) is 5.86. The molecule has 1 heteroatoms. The third-order valence-corrected chi connectivity index (χ3v) is 2.77. The van der Waals surface area contributed by atoms with Crippen LogP contribution in [0.2, 0.25) is 0 Å². The highest BCUT2D eigenvalue weighted by Crippen LogP contribution is 2.26. The van der Waals surface area contributed by atoms with E-state index in [1.165, 1.54) is 32.1 Å². The molecule has 0 bridgehead atoms. The zero-order valence-electron chi connectivity index (χ0n) is 8.51. The molecular formula is C11H22O. The van der Waals surface area contributed by atoms with E-state index < -0.39 is 0 Å². The van der Waals surface area contributed by atoms with Crippen LogP contribution in [0.4, 0.5) is 0 Å². The van der Waals surface area contributed by atoms with Crippen LogP contribution in [0.25, 0.3) is 0 Å². The summed E-state index contributed by atoms with van der Waals surface area (Å²) >= 11 is 0. The van der Waals surface area contributed by atoms with Gasteiger partial charge in [0.05, 0.1) is 13.2 Å². The van der Waals surface area contributed by atoms with Gasteiger partial charge in [-0.3, -0.25) is 0 Å². The molecule has 0 aliphatic carbocycles. The first kappa shape index (κ1) is 10.0. The average Bonchev–Trinajstić information content (AvgIpc) is 1.97. The van der Waals surface area contributed by atoms with Gasteiger partial charge in [-0.2, -0.15) is 0 Å². The first-order valence-electron chi connectivity index (χ1n) is 5.44. The van der Waals surface area contributed by atoms with E-state index in [0.717, 1.165) is 25.0 Å². The molecule has 1 rings (SSSR count). The van der Waals surface area contributed by atoms with Crippen LogP contribution in [0, 0.1) is 11.8 Å². The Morgan fingerprint density at radius 1 is 1.17 bits per heavy atom. The van der Waals surface area contributed by atoms with Crippen molar-refractivity contribution < 1.29 is 4.74 Å². The van der Waals surface area contributed by atoms with Gasteiger partial charge in [0.1, 0.15) is 0 Å². The molecule has 0 radical (unpaired) electrons. The van der Waals surface area contributed by atoms with Crippen molar-refractivity contribution in [2.24, 2.45) is 11.8 Å². The van der Waals surface area contributed by atoms with Crippen LogP contribution in [-0.2, 0) is 4.74 Å². The van der Waals surface area contributed by atoms with Gasteiger partial charge in [-0.25, -0.2) is 0 Å². The molecule has 0 spiro atoms. The largest absolute Gasteiger partial charge is 0.381 e. The van der Waals surface area contributed by atoms with Crippen LogP contribution >= 0.6 is 0 Å². The van der Waals surface area contributed by atoms with Crippen LogP contribution in [-0.4, -0.2) is 13.2 Å². The maximum absolute atomic E-state index is 5.19. The minimum atomic E-state index is 0.896. The first-order valence-corrected chi connectivity index (χ1v) is 5.44. The molecule has 0 amide bonds. The van der Waals surface area contributed by atoms with E-state index in [0.29, 0.717) is 0 Å². The smallest absolute Gasteiger partial charge is 0.0516 e. The molecule has 12 heavy (non-hydrogen) atoms. The van der Waals surface area contributed by atoms with Crippen molar-refractivity contribution in [3.8, 4) is 0 Å². The van der Waals surface area contributed by atoms with Crippen LogP contribution in [0.1, 0.15) is 46.0 Å². The minimum Gasteiger partial charge on any atom is -0.381 e. The van der Waals surface area contributed by atoms with Crippen molar-refractivity contribution >= 4 is 0 Å². The Balaban J connectivity index is 2.11. The normalized spacial score (nSPS) is 18.2. The van der Waals surface area contributed by atoms with E-state index in [1.807, 2.05) is 0 Å². The number of hydrogen-bond donors (Lipinski definition) is 0. The number of hydrogen-bond acceptors (Lipinski definition) is 1. The van der Waals surface area contributed by atoms with Crippen LogP contribution in [0.5, 0.6) is 0 Å². The fraction of sp³-hybridized carbons (Fsp3) is 1.00. The Hall–Kier alpha value is -0.0400. The standard InChI is InChI=1S/C11H22O/c1-3-5-10(6-4-2)7-11-8-12-9-11/h10-11H,3-9H2,1-2H3.